The third-order valence-corrected chi connectivity index (χ3v) is 7.98. The number of methoxy groups -OCH3 is 4. The Balaban J connectivity index is 1.77. The minimum Gasteiger partial charge on any atom is -0.504 e. The summed E-state index contributed by atoms with van der Waals surface area (Å²) in [5.41, 5.74) is 1.70. The highest BCUT2D eigenvalue weighted by Gasteiger charge is 2.37. The van der Waals surface area contributed by atoms with Crippen LogP contribution in [0.5, 0.6) is 34.5 Å². The van der Waals surface area contributed by atoms with Crippen LogP contribution in [-0.4, -0.2) is 44.4 Å². The number of phenolic OH excluding ortho intramolecular Hbond substituents is 2. The summed E-state index contributed by atoms with van der Waals surface area (Å²) in [6, 6.07) is 16.0. The lowest BCUT2D eigenvalue weighted by Crippen LogP contribution is -2.34. The summed E-state index contributed by atoms with van der Waals surface area (Å²) in [5, 5.41) is 20.7. The standard InChI is InChI=1S/C30H27NO8S/c1-36-24-10-7-18(13-27(24)39-4)31-19(16-5-8-20(32)25(11-16)37-2)14-22(34)29-23(35)15-28(40-30(29)31)17-6-9-21(33)26(12-17)38-3/h5-13,15,19,32-33H,14H2,1-4H3. The van der Waals surface area contributed by atoms with E-state index in [1.807, 2.05) is 11.0 Å². The number of rotatable bonds is 7. The average Bonchev–Trinajstić information content (AvgIpc) is 2.96. The van der Waals surface area contributed by atoms with E-state index in [4.69, 9.17) is 18.9 Å². The van der Waals surface area contributed by atoms with E-state index in [9.17, 15) is 19.8 Å². The number of ether oxygens (including phenoxy) is 4. The van der Waals surface area contributed by atoms with Crippen LogP contribution in [-0.2, 0) is 0 Å². The number of benzene rings is 3. The van der Waals surface area contributed by atoms with Crippen LogP contribution in [0.4, 0.5) is 10.7 Å². The van der Waals surface area contributed by atoms with Gasteiger partial charge >= 0.3 is 0 Å². The van der Waals surface area contributed by atoms with Gasteiger partial charge in [-0.25, -0.2) is 0 Å². The number of fused-ring (bicyclic) bond motifs is 1. The topological polar surface area (TPSA) is 115 Å². The second-order valence-corrected chi connectivity index (χ2v) is 10.1. The Labute approximate surface area is 234 Å². The summed E-state index contributed by atoms with van der Waals surface area (Å²) in [7, 11) is 5.98. The van der Waals surface area contributed by atoms with Gasteiger partial charge in [0.15, 0.2) is 45.7 Å². The highest BCUT2D eigenvalue weighted by Crippen LogP contribution is 2.49. The van der Waals surface area contributed by atoms with Gasteiger partial charge in [0.05, 0.1) is 40.0 Å². The summed E-state index contributed by atoms with van der Waals surface area (Å²) in [5.74, 6) is 1.19. The van der Waals surface area contributed by atoms with Gasteiger partial charge in [0, 0.05) is 29.1 Å². The van der Waals surface area contributed by atoms with E-state index in [0.717, 1.165) is 0 Å². The lowest BCUT2D eigenvalue weighted by Gasteiger charge is -2.38. The molecule has 4 aromatic rings. The van der Waals surface area contributed by atoms with E-state index < -0.39 is 11.5 Å². The van der Waals surface area contributed by atoms with E-state index >= 15 is 0 Å². The SMILES string of the molecule is COc1cc(-c2cc(=O)c3c(s2)N(c2ccc(OC)c(OC)c2)C(c2ccc(O)c(OC)c2)CC3=O)ccc1O. The summed E-state index contributed by atoms with van der Waals surface area (Å²) in [6.45, 7) is 0. The molecule has 0 radical (unpaired) electrons. The highest BCUT2D eigenvalue weighted by atomic mass is 32.1. The minimum absolute atomic E-state index is 0.0175. The third kappa shape index (κ3) is 4.66. The number of nitrogens with zero attached hydrogens (tertiary/aromatic N) is 1. The first kappa shape index (κ1) is 26.9. The number of carbonyl (C=O) groups is 1. The van der Waals surface area contributed by atoms with Crippen molar-refractivity contribution in [3.63, 3.8) is 0 Å². The second kappa shape index (κ2) is 10.8. The molecule has 5 rings (SSSR count). The van der Waals surface area contributed by atoms with Crippen LogP contribution in [0.1, 0.15) is 28.4 Å². The van der Waals surface area contributed by atoms with Gasteiger partial charge in [-0.2, -0.15) is 0 Å². The molecule has 0 saturated carbocycles. The van der Waals surface area contributed by atoms with Gasteiger partial charge in [-0.3, -0.25) is 9.59 Å². The molecule has 1 aliphatic rings. The Kier molecular flexibility index (Phi) is 7.27. The fourth-order valence-corrected chi connectivity index (χ4v) is 6.10. The van der Waals surface area contributed by atoms with Crippen molar-refractivity contribution >= 4 is 27.8 Å². The molecule has 1 unspecified atom stereocenters. The van der Waals surface area contributed by atoms with Gasteiger partial charge in [0.1, 0.15) is 5.00 Å². The van der Waals surface area contributed by atoms with E-state index in [-0.39, 0.29) is 40.8 Å². The number of hydrogen-bond donors (Lipinski definition) is 2. The Bertz CT molecular complexity index is 1660. The average molecular weight is 562 g/mol. The summed E-state index contributed by atoms with van der Waals surface area (Å²) < 4.78 is 21.6. The van der Waals surface area contributed by atoms with E-state index in [0.29, 0.717) is 38.2 Å². The Morgan fingerprint density at radius 2 is 1.40 bits per heavy atom. The van der Waals surface area contributed by atoms with Gasteiger partial charge in [0.2, 0.25) is 0 Å². The summed E-state index contributed by atoms with van der Waals surface area (Å²) >= 11 is 1.27. The molecular formula is C30H27NO8S. The maximum atomic E-state index is 13.5. The lowest BCUT2D eigenvalue weighted by molar-refractivity contribution is 0.0967. The van der Waals surface area contributed by atoms with Gasteiger partial charge in [-0.1, -0.05) is 6.07 Å². The van der Waals surface area contributed by atoms with E-state index in [2.05, 4.69) is 0 Å². The molecule has 0 saturated heterocycles. The predicted molar refractivity (Wildman–Crippen MR) is 152 cm³/mol. The Hall–Kier alpha value is -4.70. The van der Waals surface area contributed by atoms with E-state index in [1.54, 1.807) is 43.5 Å². The molecule has 1 aliphatic heterocycles. The van der Waals surface area contributed by atoms with Crippen molar-refractivity contribution in [2.24, 2.45) is 0 Å². The zero-order chi connectivity index (χ0) is 28.6. The second-order valence-electron chi connectivity index (χ2n) is 9.03. The number of ketones is 1. The van der Waals surface area contributed by atoms with Crippen LogP contribution in [0.3, 0.4) is 0 Å². The molecule has 0 fully saturated rings. The first-order valence-electron chi connectivity index (χ1n) is 12.3. The first-order chi connectivity index (χ1) is 19.3. The van der Waals surface area contributed by atoms with Crippen molar-refractivity contribution in [3.05, 3.63) is 82.0 Å². The number of Topliss-reactive ketones (excluding diaryl/α,β-unsaturated/α-hetero) is 1. The maximum Gasteiger partial charge on any atom is 0.193 e. The zero-order valence-electron chi connectivity index (χ0n) is 22.3. The van der Waals surface area contributed by atoms with Gasteiger partial charge < -0.3 is 34.1 Å². The molecule has 40 heavy (non-hydrogen) atoms. The molecule has 2 N–H and O–H groups in total. The third-order valence-electron chi connectivity index (χ3n) is 6.82. The van der Waals surface area contributed by atoms with E-state index in [1.165, 1.54) is 50.9 Å². The Morgan fingerprint density at radius 1 is 0.750 bits per heavy atom. The molecule has 2 heterocycles. The molecule has 3 aromatic carbocycles. The maximum absolute atomic E-state index is 13.5. The van der Waals surface area contributed by atoms with Crippen molar-refractivity contribution < 1.29 is 34.0 Å². The molecule has 1 atom stereocenters. The van der Waals surface area contributed by atoms with Gasteiger partial charge in [-0.05, 0) is 53.6 Å². The van der Waals surface area contributed by atoms with Crippen LogP contribution in [0.15, 0.2) is 65.5 Å². The monoisotopic (exact) mass is 561 g/mol. The molecule has 0 bridgehead atoms. The minimum atomic E-state index is -0.534. The van der Waals surface area contributed by atoms with Gasteiger partial charge in [0.25, 0.3) is 0 Å². The van der Waals surface area contributed by atoms with Crippen LogP contribution < -0.4 is 29.3 Å². The smallest absolute Gasteiger partial charge is 0.193 e. The molecule has 1 aromatic heterocycles. The molecule has 0 spiro atoms. The van der Waals surface area contributed by atoms with Crippen LogP contribution in [0.2, 0.25) is 0 Å². The lowest BCUT2D eigenvalue weighted by atomic mass is 9.92. The molecule has 0 aliphatic carbocycles. The predicted octanol–water partition coefficient (Wildman–Crippen LogP) is 5.69. The normalized spacial score (nSPS) is 14.4. The number of anilines is 2. The fraction of sp³-hybridized carbons (Fsp3) is 0.200. The molecule has 10 heteroatoms. The number of hydrogen-bond acceptors (Lipinski definition) is 10. The quantitative estimate of drug-likeness (QED) is 0.294. The molecular weight excluding hydrogens is 534 g/mol. The van der Waals surface area contributed by atoms with Crippen molar-refractivity contribution in [2.75, 3.05) is 33.3 Å². The Morgan fingerprint density at radius 3 is 2.08 bits per heavy atom. The van der Waals surface area contributed by atoms with Crippen LogP contribution >= 0.6 is 11.3 Å². The number of aromatic hydroxyl groups is 2. The fourth-order valence-electron chi connectivity index (χ4n) is 4.83. The van der Waals surface area contributed by atoms with Crippen molar-refractivity contribution in [1.29, 1.82) is 0 Å². The first-order valence-corrected chi connectivity index (χ1v) is 13.1. The van der Waals surface area contributed by atoms with Crippen LogP contribution in [0.25, 0.3) is 10.4 Å². The molecule has 0 amide bonds. The number of carbonyl (C=O) groups excluding carboxylic acids is 1. The summed E-state index contributed by atoms with van der Waals surface area (Å²) in [6.07, 6.45) is 0.0175. The van der Waals surface area contributed by atoms with Crippen LogP contribution in [0, 0.1) is 0 Å². The summed E-state index contributed by atoms with van der Waals surface area (Å²) in [4.78, 5) is 29.5. The largest absolute Gasteiger partial charge is 0.504 e. The zero-order valence-corrected chi connectivity index (χ0v) is 23.1. The van der Waals surface area contributed by atoms with Crippen molar-refractivity contribution in [3.8, 4) is 44.9 Å². The molecule has 206 valence electrons. The van der Waals surface area contributed by atoms with Crippen molar-refractivity contribution in [1.82, 2.24) is 0 Å². The van der Waals surface area contributed by atoms with Crippen molar-refractivity contribution in [2.45, 2.75) is 12.5 Å². The highest BCUT2D eigenvalue weighted by molar-refractivity contribution is 7.19. The number of phenols is 2. The van der Waals surface area contributed by atoms with Gasteiger partial charge in [-0.15, -0.1) is 11.3 Å². The molecule has 9 nitrogen and oxygen atoms in total.